The number of hydrogen-bond donors (Lipinski definition) is 0. The number of carbonyl (C=O) groups is 1. The van der Waals surface area contributed by atoms with Crippen LogP contribution < -0.4 is 0 Å². The van der Waals surface area contributed by atoms with Crippen molar-refractivity contribution >= 4 is 40.6 Å². The van der Waals surface area contributed by atoms with Crippen molar-refractivity contribution in [3.05, 3.63) is 68.4 Å². The predicted octanol–water partition coefficient (Wildman–Crippen LogP) is 5.21. The van der Waals surface area contributed by atoms with Gasteiger partial charge in [0.15, 0.2) is 5.78 Å². The molecule has 5 heteroatoms. The Kier molecular flexibility index (Phi) is 4.46. The van der Waals surface area contributed by atoms with Crippen LogP contribution in [0.5, 0.6) is 0 Å². The molecule has 0 heterocycles. The second kappa shape index (κ2) is 5.91. The van der Waals surface area contributed by atoms with E-state index >= 15 is 0 Å². The summed E-state index contributed by atoms with van der Waals surface area (Å²) in [4.78, 5) is 12.1. The number of hydrogen-bond acceptors (Lipinski definition) is 1. The molecule has 0 amide bonds. The lowest BCUT2D eigenvalue weighted by Gasteiger charge is -2.07. The van der Waals surface area contributed by atoms with Crippen molar-refractivity contribution in [2.45, 2.75) is 6.42 Å². The summed E-state index contributed by atoms with van der Waals surface area (Å²) in [5, 5.41) is 0.938. The number of halogens is 4. The molecular weight excluding hydrogens is 310 g/mol. The van der Waals surface area contributed by atoms with E-state index < -0.39 is 11.6 Å². The number of rotatable bonds is 3. The molecule has 1 nitrogen and oxygen atoms in total. The highest BCUT2D eigenvalue weighted by molar-refractivity contribution is 6.35. The molecule has 0 radical (unpaired) electrons. The summed E-state index contributed by atoms with van der Waals surface area (Å²) in [6.45, 7) is 0. The van der Waals surface area contributed by atoms with Gasteiger partial charge in [-0.15, -0.1) is 0 Å². The van der Waals surface area contributed by atoms with Gasteiger partial charge in [-0.3, -0.25) is 4.79 Å². The van der Waals surface area contributed by atoms with Crippen LogP contribution in [0, 0.1) is 5.82 Å². The van der Waals surface area contributed by atoms with Crippen LogP contribution in [0.15, 0.2) is 36.4 Å². The molecule has 0 aliphatic heterocycles. The molecule has 2 rings (SSSR count). The van der Waals surface area contributed by atoms with E-state index in [-0.39, 0.29) is 17.0 Å². The lowest BCUT2D eigenvalue weighted by molar-refractivity contribution is 0.0989. The van der Waals surface area contributed by atoms with Gasteiger partial charge in [0.25, 0.3) is 0 Å². The van der Waals surface area contributed by atoms with E-state index in [0.717, 1.165) is 0 Å². The maximum Gasteiger partial charge on any atom is 0.171 e. The monoisotopic (exact) mass is 316 g/mol. The van der Waals surface area contributed by atoms with E-state index in [2.05, 4.69) is 0 Å². The van der Waals surface area contributed by atoms with Gasteiger partial charge in [-0.2, -0.15) is 0 Å². The van der Waals surface area contributed by atoms with Gasteiger partial charge < -0.3 is 0 Å². The lowest BCUT2D eigenvalue weighted by atomic mass is 10.0. The number of ketones is 1. The molecule has 0 fully saturated rings. The first kappa shape index (κ1) is 14.3. The minimum atomic E-state index is -0.636. The molecule has 0 bridgehead atoms. The first-order chi connectivity index (χ1) is 8.99. The summed E-state index contributed by atoms with van der Waals surface area (Å²) < 4.78 is 13.6. The summed E-state index contributed by atoms with van der Waals surface area (Å²) in [6, 6.07) is 8.92. The molecule has 98 valence electrons. The third kappa shape index (κ3) is 3.27. The third-order valence-electron chi connectivity index (χ3n) is 2.61. The number of benzene rings is 2. The Morgan fingerprint density at radius 3 is 2.42 bits per heavy atom. The Morgan fingerprint density at radius 2 is 1.79 bits per heavy atom. The molecule has 0 aromatic heterocycles. The SMILES string of the molecule is O=C(Cc1ccc(Cl)cc1Cl)c1c(F)cccc1Cl. The van der Waals surface area contributed by atoms with E-state index in [1.54, 1.807) is 12.1 Å². The lowest BCUT2D eigenvalue weighted by Crippen LogP contribution is -2.07. The second-order valence-electron chi connectivity index (χ2n) is 3.93. The van der Waals surface area contributed by atoms with Gasteiger partial charge in [0.1, 0.15) is 5.82 Å². The van der Waals surface area contributed by atoms with E-state index in [4.69, 9.17) is 34.8 Å². The van der Waals surface area contributed by atoms with E-state index in [9.17, 15) is 9.18 Å². The first-order valence-electron chi connectivity index (χ1n) is 5.40. The van der Waals surface area contributed by atoms with Crippen LogP contribution in [0.2, 0.25) is 15.1 Å². The first-order valence-corrected chi connectivity index (χ1v) is 6.53. The highest BCUT2D eigenvalue weighted by Crippen LogP contribution is 2.25. The maximum absolute atomic E-state index is 13.6. The van der Waals surface area contributed by atoms with Crippen LogP contribution in [-0.4, -0.2) is 5.78 Å². The van der Waals surface area contributed by atoms with Gasteiger partial charge in [0.2, 0.25) is 0 Å². The van der Waals surface area contributed by atoms with E-state index in [1.165, 1.54) is 24.3 Å². The Labute approximate surface area is 124 Å². The molecule has 2 aromatic rings. The summed E-state index contributed by atoms with van der Waals surface area (Å²) in [5.41, 5.74) is 0.463. The van der Waals surface area contributed by atoms with Crippen LogP contribution in [0.4, 0.5) is 4.39 Å². The van der Waals surface area contributed by atoms with Crippen LogP contribution >= 0.6 is 34.8 Å². The largest absolute Gasteiger partial charge is 0.294 e. The second-order valence-corrected chi connectivity index (χ2v) is 5.18. The molecule has 0 N–H and O–H groups in total. The number of Topliss-reactive ketones (excluding diaryl/α,β-unsaturated/α-hetero) is 1. The molecule has 0 unspecified atom stereocenters. The topological polar surface area (TPSA) is 17.1 Å². The van der Waals surface area contributed by atoms with Crippen LogP contribution in [0.25, 0.3) is 0 Å². The minimum Gasteiger partial charge on any atom is -0.294 e. The molecule has 19 heavy (non-hydrogen) atoms. The fourth-order valence-electron chi connectivity index (χ4n) is 1.69. The van der Waals surface area contributed by atoms with Gasteiger partial charge in [-0.1, -0.05) is 46.9 Å². The predicted molar refractivity (Wildman–Crippen MR) is 75.9 cm³/mol. The quantitative estimate of drug-likeness (QED) is 0.710. The highest BCUT2D eigenvalue weighted by atomic mass is 35.5. The van der Waals surface area contributed by atoms with Gasteiger partial charge in [0, 0.05) is 16.5 Å². The highest BCUT2D eigenvalue weighted by Gasteiger charge is 2.17. The summed E-state index contributed by atoms with van der Waals surface area (Å²) >= 11 is 17.6. The smallest absolute Gasteiger partial charge is 0.171 e. The Bertz CT molecular complexity index is 620. The zero-order chi connectivity index (χ0) is 14.0. The zero-order valence-corrected chi connectivity index (χ0v) is 11.9. The van der Waals surface area contributed by atoms with Crippen LogP contribution in [0.3, 0.4) is 0 Å². The van der Waals surface area contributed by atoms with Crippen molar-refractivity contribution in [1.82, 2.24) is 0 Å². The maximum atomic E-state index is 13.6. The fraction of sp³-hybridized carbons (Fsp3) is 0.0714. The van der Waals surface area contributed by atoms with Gasteiger partial charge in [0.05, 0.1) is 10.6 Å². The van der Waals surface area contributed by atoms with Gasteiger partial charge in [-0.05, 0) is 29.8 Å². The summed E-state index contributed by atoms with van der Waals surface area (Å²) in [7, 11) is 0. The minimum absolute atomic E-state index is 0.0311. The third-order valence-corrected chi connectivity index (χ3v) is 3.51. The van der Waals surface area contributed by atoms with Crippen molar-refractivity contribution in [2.75, 3.05) is 0 Å². The molecule has 0 atom stereocenters. The van der Waals surface area contributed by atoms with Crippen molar-refractivity contribution in [2.24, 2.45) is 0 Å². The molecule has 0 saturated carbocycles. The van der Waals surface area contributed by atoms with Crippen molar-refractivity contribution in [3.8, 4) is 0 Å². The standard InChI is InChI=1S/C14H8Cl3FO/c15-9-5-4-8(11(17)7-9)6-13(19)14-10(16)2-1-3-12(14)18/h1-5,7H,6H2. The van der Waals surface area contributed by atoms with Gasteiger partial charge in [-0.25, -0.2) is 4.39 Å². The van der Waals surface area contributed by atoms with Crippen LogP contribution in [-0.2, 0) is 6.42 Å². The Hall–Kier alpha value is -1.09. The van der Waals surface area contributed by atoms with Crippen molar-refractivity contribution < 1.29 is 9.18 Å². The molecule has 0 saturated heterocycles. The molecular formula is C14H8Cl3FO. The summed E-state index contributed by atoms with van der Waals surface area (Å²) in [6.07, 6.45) is -0.0311. The fourth-order valence-corrected chi connectivity index (χ4v) is 2.43. The van der Waals surface area contributed by atoms with Crippen molar-refractivity contribution in [1.29, 1.82) is 0 Å². The van der Waals surface area contributed by atoms with Gasteiger partial charge >= 0.3 is 0 Å². The molecule has 2 aromatic carbocycles. The summed E-state index contributed by atoms with van der Waals surface area (Å²) in [5.74, 6) is -1.06. The molecule has 0 aliphatic carbocycles. The zero-order valence-electron chi connectivity index (χ0n) is 9.59. The Morgan fingerprint density at radius 1 is 1.05 bits per heavy atom. The molecule has 0 spiro atoms. The average Bonchev–Trinajstić information content (AvgIpc) is 2.32. The van der Waals surface area contributed by atoms with E-state index in [0.29, 0.717) is 15.6 Å². The van der Waals surface area contributed by atoms with E-state index in [1.807, 2.05) is 0 Å². The Balaban J connectivity index is 2.31. The normalized spacial score (nSPS) is 10.5. The number of carbonyl (C=O) groups excluding carboxylic acids is 1. The average molecular weight is 318 g/mol. The van der Waals surface area contributed by atoms with Crippen LogP contribution in [0.1, 0.15) is 15.9 Å². The molecule has 0 aliphatic rings. The van der Waals surface area contributed by atoms with Crippen molar-refractivity contribution in [3.63, 3.8) is 0 Å².